The molecule has 5 heteroatoms. The van der Waals surface area contributed by atoms with Crippen molar-refractivity contribution in [2.45, 2.75) is 0 Å². The number of hydrogen-bond donors (Lipinski definition) is 3. The maximum absolute atomic E-state index is 11.0. The molecule has 0 saturated carbocycles. The van der Waals surface area contributed by atoms with E-state index in [1.165, 1.54) is 6.20 Å². The molecule has 0 unspecified atom stereocenters. The van der Waals surface area contributed by atoms with E-state index in [-0.39, 0.29) is 5.91 Å². The van der Waals surface area contributed by atoms with Gasteiger partial charge in [0.15, 0.2) is 0 Å². The van der Waals surface area contributed by atoms with Crippen LogP contribution in [0.4, 0.5) is 5.69 Å². The number of nitrogen functional groups attached to an aromatic ring is 1. The maximum atomic E-state index is 11.0. The molecule has 5 nitrogen and oxygen atoms in total. The molecule has 1 aromatic heterocycles. The molecule has 12 heavy (non-hydrogen) atoms. The van der Waals surface area contributed by atoms with E-state index in [4.69, 9.17) is 5.84 Å². The Hall–Kier alpha value is -1.62. The fraction of sp³-hybridized carbons (Fsp3) is 0.143. The molecule has 0 spiro atoms. The van der Waals surface area contributed by atoms with Gasteiger partial charge in [-0.25, -0.2) is 4.98 Å². The molecule has 64 valence electrons. The molecule has 0 atom stereocenters. The summed E-state index contributed by atoms with van der Waals surface area (Å²) >= 11 is 0. The van der Waals surface area contributed by atoms with Gasteiger partial charge in [-0.2, -0.15) is 0 Å². The van der Waals surface area contributed by atoms with Crippen molar-refractivity contribution >= 4 is 11.6 Å². The van der Waals surface area contributed by atoms with Crippen LogP contribution in [0.15, 0.2) is 18.3 Å². The summed E-state index contributed by atoms with van der Waals surface area (Å²) in [7, 11) is 1.55. The SMILES string of the molecule is CNC(=O)c1ccc(NN)cn1. The van der Waals surface area contributed by atoms with Crippen LogP contribution < -0.4 is 16.6 Å². The van der Waals surface area contributed by atoms with Crippen LogP contribution in [0, 0.1) is 0 Å². The molecule has 1 amide bonds. The summed E-state index contributed by atoms with van der Waals surface area (Å²) in [4.78, 5) is 14.9. The van der Waals surface area contributed by atoms with Crippen molar-refractivity contribution in [3.8, 4) is 0 Å². The van der Waals surface area contributed by atoms with E-state index in [9.17, 15) is 4.79 Å². The van der Waals surface area contributed by atoms with E-state index in [2.05, 4.69) is 15.7 Å². The molecule has 0 saturated heterocycles. The van der Waals surface area contributed by atoms with E-state index in [0.717, 1.165) is 0 Å². The summed E-state index contributed by atoms with van der Waals surface area (Å²) in [6, 6.07) is 3.27. The molecule has 1 rings (SSSR count). The Morgan fingerprint density at radius 1 is 1.58 bits per heavy atom. The van der Waals surface area contributed by atoms with Gasteiger partial charge in [-0.05, 0) is 12.1 Å². The zero-order valence-corrected chi connectivity index (χ0v) is 6.66. The lowest BCUT2D eigenvalue weighted by atomic mass is 10.3. The molecular formula is C7H10N4O. The number of hydrazine groups is 1. The van der Waals surface area contributed by atoms with Crippen LogP contribution in [0.5, 0.6) is 0 Å². The third-order valence-corrected chi connectivity index (χ3v) is 1.39. The number of nitrogens with zero attached hydrogens (tertiary/aromatic N) is 1. The Morgan fingerprint density at radius 2 is 2.33 bits per heavy atom. The Morgan fingerprint density at radius 3 is 2.75 bits per heavy atom. The number of carbonyl (C=O) groups excluding carboxylic acids is 1. The van der Waals surface area contributed by atoms with Crippen molar-refractivity contribution in [1.82, 2.24) is 10.3 Å². The van der Waals surface area contributed by atoms with Gasteiger partial charge in [0.25, 0.3) is 5.91 Å². The van der Waals surface area contributed by atoms with E-state index in [1.54, 1.807) is 19.2 Å². The van der Waals surface area contributed by atoms with Crippen LogP contribution in [-0.2, 0) is 0 Å². The Balaban J connectivity index is 2.84. The molecule has 0 radical (unpaired) electrons. The summed E-state index contributed by atoms with van der Waals surface area (Å²) in [6.45, 7) is 0. The van der Waals surface area contributed by atoms with Crippen molar-refractivity contribution in [2.75, 3.05) is 12.5 Å². The summed E-state index contributed by atoms with van der Waals surface area (Å²) in [6.07, 6.45) is 1.49. The van der Waals surface area contributed by atoms with Gasteiger partial charge >= 0.3 is 0 Å². The minimum absolute atomic E-state index is 0.210. The van der Waals surface area contributed by atoms with Crippen molar-refractivity contribution in [3.63, 3.8) is 0 Å². The summed E-state index contributed by atoms with van der Waals surface area (Å²) in [5.41, 5.74) is 3.46. The highest BCUT2D eigenvalue weighted by Gasteiger charge is 2.02. The quantitative estimate of drug-likeness (QED) is 0.417. The van der Waals surface area contributed by atoms with E-state index in [0.29, 0.717) is 11.4 Å². The molecule has 0 aromatic carbocycles. The number of pyridine rings is 1. The Bertz CT molecular complexity index is 269. The molecule has 0 fully saturated rings. The van der Waals surface area contributed by atoms with Gasteiger partial charge in [0.05, 0.1) is 11.9 Å². The van der Waals surface area contributed by atoms with E-state index < -0.39 is 0 Å². The predicted octanol–water partition coefficient (Wildman–Crippen LogP) is -0.273. The fourth-order valence-corrected chi connectivity index (χ4v) is 0.742. The van der Waals surface area contributed by atoms with Gasteiger partial charge in [-0.15, -0.1) is 0 Å². The lowest BCUT2D eigenvalue weighted by Crippen LogP contribution is -2.19. The molecule has 0 aliphatic heterocycles. The number of amides is 1. The van der Waals surface area contributed by atoms with Gasteiger partial charge in [0.2, 0.25) is 0 Å². The average Bonchev–Trinajstić information content (AvgIpc) is 2.17. The number of rotatable bonds is 2. The first-order chi connectivity index (χ1) is 5.77. The topological polar surface area (TPSA) is 80.0 Å². The number of nitrogens with one attached hydrogen (secondary N) is 2. The van der Waals surface area contributed by atoms with Crippen molar-refractivity contribution < 1.29 is 4.79 Å². The third kappa shape index (κ3) is 1.70. The molecule has 0 aliphatic carbocycles. The summed E-state index contributed by atoms with van der Waals surface area (Å²) in [5.74, 6) is 4.91. The second-order valence-corrected chi connectivity index (χ2v) is 2.16. The highest BCUT2D eigenvalue weighted by Crippen LogP contribution is 2.03. The Labute approximate surface area is 70.0 Å². The minimum Gasteiger partial charge on any atom is -0.354 e. The van der Waals surface area contributed by atoms with Gasteiger partial charge in [-0.3, -0.25) is 10.6 Å². The highest BCUT2D eigenvalue weighted by atomic mass is 16.1. The third-order valence-electron chi connectivity index (χ3n) is 1.39. The molecule has 0 bridgehead atoms. The summed E-state index contributed by atoms with van der Waals surface area (Å²) in [5, 5.41) is 2.47. The highest BCUT2D eigenvalue weighted by molar-refractivity contribution is 5.92. The van der Waals surface area contributed by atoms with Crippen LogP contribution >= 0.6 is 0 Å². The van der Waals surface area contributed by atoms with Crippen LogP contribution in [-0.4, -0.2) is 17.9 Å². The van der Waals surface area contributed by atoms with Crippen LogP contribution in [0.1, 0.15) is 10.5 Å². The van der Waals surface area contributed by atoms with Crippen LogP contribution in [0.25, 0.3) is 0 Å². The number of aromatic nitrogens is 1. The number of hydrogen-bond acceptors (Lipinski definition) is 4. The normalized spacial score (nSPS) is 9.17. The zero-order valence-electron chi connectivity index (χ0n) is 6.66. The first-order valence-electron chi connectivity index (χ1n) is 3.42. The second-order valence-electron chi connectivity index (χ2n) is 2.16. The number of carbonyl (C=O) groups is 1. The van der Waals surface area contributed by atoms with E-state index in [1.807, 2.05) is 0 Å². The molecule has 1 aromatic rings. The van der Waals surface area contributed by atoms with Crippen molar-refractivity contribution in [1.29, 1.82) is 0 Å². The second kappa shape index (κ2) is 3.68. The van der Waals surface area contributed by atoms with Gasteiger partial charge in [0.1, 0.15) is 5.69 Å². The largest absolute Gasteiger partial charge is 0.354 e. The Kier molecular flexibility index (Phi) is 2.60. The molecular weight excluding hydrogens is 156 g/mol. The standard InChI is InChI=1S/C7H10N4O/c1-9-7(12)6-3-2-5(11-8)4-10-6/h2-4,11H,8H2,1H3,(H,9,12). The smallest absolute Gasteiger partial charge is 0.269 e. The van der Waals surface area contributed by atoms with Crippen LogP contribution in [0.3, 0.4) is 0 Å². The maximum Gasteiger partial charge on any atom is 0.269 e. The lowest BCUT2D eigenvalue weighted by Gasteiger charge is -2.00. The zero-order chi connectivity index (χ0) is 8.97. The first kappa shape index (κ1) is 8.48. The van der Waals surface area contributed by atoms with Crippen molar-refractivity contribution in [3.05, 3.63) is 24.0 Å². The molecule has 1 heterocycles. The summed E-state index contributed by atoms with van der Waals surface area (Å²) < 4.78 is 0. The van der Waals surface area contributed by atoms with Crippen molar-refractivity contribution in [2.24, 2.45) is 5.84 Å². The first-order valence-corrected chi connectivity index (χ1v) is 3.42. The van der Waals surface area contributed by atoms with Gasteiger partial charge < -0.3 is 10.7 Å². The number of nitrogens with two attached hydrogens (primary N) is 1. The lowest BCUT2D eigenvalue weighted by molar-refractivity contribution is 0.0958. The molecule has 0 aliphatic rings. The fourth-order valence-electron chi connectivity index (χ4n) is 0.742. The predicted molar refractivity (Wildman–Crippen MR) is 45.4 cm³/mol. The minimum atomic E-state index is -0.210. The molecule has 4 N–H and O–H groups in total. The number of anilines is 1. The van der Waals surface area contributed by atoms with Gasteiger partial charge in [0, 0.05) is 7.05 Å². The average molecular weight is 166 g/mol. The van der Waals surface area contributed by atoms with E-state index >= 15 is 0 Å². The monoisotopic (exact) mass is 166 g/mol. The van der Waals surface area contributed by atoms with Gasteiger partial charge in [-0.1, -0.05) is 0 Å². The van der Waals surface area contributed by atoms with Crippen LogP contribution in [0.2, 0.25) is 0 Å².